The van der Waals surface area contributed by atoms with Gasteiger partial charge in [0.2, 0.25) is 0 Å². The summed E-state index contributed by atoms with van der Waals surface area (Å²) in [6, 6.07) is 17.5. The zero-order valence-electron chi connectivity index (χ0n) is 15.7. The predicted molar refractivity (Wildman–Crippen MR) is 126 cm³/mol. The van der Waals surface area contributed by atoms with Gasteiger partial charge in [-0.3, -0.25) is 9.78 Å². The summed E-state index contributed by atoms with van der Waals surface area (Å²) in [5.41, 5.74) is 5.73. The number of aryl methyl sites for hydroxylation is 1. The second-order valence-electron chi connectivity index (χ2n) is 6.65. The zero-order valence-corrected chi connectivity index (χ0v) is 18.7. The van der Waals surface area contributed by atoms with Crippen molar-refractivity contribution in [3.8, 4) is 11.3 Å². The molecule has 0 saturated carbocycles. The first-order valence-corrected chi connectivity index (χ1v) is 11.1. The van der Waals surface area contributed by atoms with Crippen LogP contribution in [0.1, 0.15) is 26.5 Å². The van der Waals surface area contributed by atoms with Crippen LogP contribution in [0.3, 0.4) is 0 Å². The molecule has 2 aromatic carbocycles. The van der Waals surface area contributed by atoms with Crippen LogP contribution in [0, 0.1) is 10.5 Å². The molecule has 1 amide bonds. The van der Waals surface area contributed by atoms with E-state index in [4.69, 9.17) is 4.98 Å². The fourth-order valence-electron chi connectivity index (χ4n) is 2.95. The fraction of sp³-hybridized carbons (Fsp3) is 0.0870. The molecule has 0 saturated heterocycles. The van der Waals surface area contributed by atoms with E-state index in [0.29, 0.717) is 5.56 Å². The van der Waals surface area contributed by atoms with Gasteiger partial charge in [-0.15, -0.1) is 11.3 Å². The van der Waals surface area contributed by atoms with Crippen LogP contribution in [-0.2, 0) is 6.42 Å². The maximum absolute atomic E-state index is 12.5. The van der Waals surface area contributed by atoms with E-state index in [0.717, 1.165) is 37.5 Å². The van der Waals surface area contributed by atoms with Gasteiger partial charge in [0, 0.05) is 44.6 Å². The van der Waals surface area contributed by atoms with E-state index in [1.807, 2.05) is 60.8 Å². The summed E-state index contributed by atoms with van der Waals surface area (Å²) in [4.78, 5) is 21.4. The molecule has 0 aliphatic rings. The molecule has 4 rings (SSSR count). The van der Waals surface area contributed by atoms with Crippen LogP contribution in [0.5, 0.6) is 0 Å². The van der Waals surface area contributed by atoms with Crippen molar-refractivity contribution in [1.82, 2.24) is 9.97 Å². The van der Waals surface area contributed by atoms with Gasteiger partial charge in [0.15, 0.2) is 0 Å². The smallest absolute Gasteiger partial charge is 0.255 e. The van der Waals surface area contributed by atoms with E-state index in [1.165, 1.54) is 5.56 Å². The van der Waals surface area contributed by atoms with Crippen molar-refractivity contribution >= 4 is 45.5 Å². The molecule has 1 N–H and O–H groups in total. The maximum atomic E-state index is 12.5. The lowest BCUT2D eigenvalue weighted by molar-refractivity contribution is 0.102. The normalized spacial score (nSPS) is 10.7. The fourth-order valence-corrected chi connectivity index (χ4v) is 4.13. The molecule has 0 unspecified atom stereocenters. The second-order valence-corrected chi connectivity index (χ2v) is 8.84. The Morgan fingerprint density at radius 2 is 1.97 bits per heavy atom. The SMILES string of the molecule is Cc1ccc(NC(=O)c2ccc(I)cc2)cc1Cc1nc(-c2cccnc2)cs1. The van der Waals surface area contributed by atoms with Gasteiger partial charge in [0.05, 0.1) is 10.7 Å². The Morgan fingerprint density at radius 1 is 1.14 bits per heavy atom. The highest BCUT2D eigenvalue weighted by molar-refractivity contribution is 14.1. The monoisotopic (exact) mass is 511 g/mol. The van der Waals surface area contributed by atoms with E-state index >= 15 is 0 Å². The molecule has 2 heterocycles. The molecule has 0 bridgehead atoms. The minimum absolute atomic E-state index is 0.107. The van der Waals surface area contributed by atoms with Gasteiger partial charge in [0.25, 0.3) is 5.91 Å². The summed E-state index contributed by atoms with van der Waals surface area (Å²) in [7, 11) is 0. The summed E-state index contributed by atoms with van der Waals surface area (Å²) in [5, 5.41) is 6.09. The first kappa shape index (κ1) is 19.7. The number of rotatable bonds is 5. The number of hydrogen-bond donors (Lipinski definition) is 1. The number of halogens is 1. The van der Waals surface area contributed by atoms with Crippen LogP contribution in [0.2, 0.25) is 0 Å². The molecule has 0 aliphatic carbocycles. The third-order valence-electron chi connectivity index (χ3n) is 4.56. The van der Waals surface area contributed by atoms with Crippen molar-refractivity contribution in [2.45, 2.75) is 13.3 Å². The molecule has 144 valence electrons. The van der Waals surface area contributed by atoms with Gasteiger partial charge >= 0.3 is 0 Å². The molecule has 4 aromatic rings. The van der Waals surface area contributed by atoms with Crippen molar-refractivity contribution in [3.05, 3.63) is 97.6 Å². The van der Waals surface area contributed by atoms with Crippen LogP contribution < -0.4 is 5.32 Å². The lowest BCUT2D eigenvalue weighted by Gasteiger charge is -2.10. The van der Waals surface area contributed by atoms with E-state index in [9.17, 15) is 4.79 Å². The third-order valence-corrected chi connectivity index (χ3v) is 6.13. The van der Waals surface area contributed by atoms with Crippen molar-refractivity contribution in [1.29, 1.82) is 0 Å². The average Bonchev–Trinajstić information content (AvgIpc) is 3.20. The second kappa shape index (κ2) is 8.84. The van der Waals surface area contributed by atoms with Crippen molar-refractivity contribution in [2.75, 3.05) is 5.32 Å². The Labute approximate surface area is 187 Å². The molecular weight excluding hydrogens is 493 g/mol. The number of carbonyl (C=O) groups excluding carboxylic acids is 1. The number of aromatic nitrogens is 2. The number of anilines is 1. The first-order valence-electron chi connectivity index (χ1n) is 9.10. The minimum Gasteiger partial charge on any atom is -0.322 e. The Balaban J connectivity index is 1.51. The Morgan fingerprint density at radius 3 is 2.72 bits per heavy atom. The molecule has 2 aromatic heterocycles. The number of pyridine rings is 1. The maximum Gasteiger partial charge on any atom is 0.255 e. The third kappa shape index (κ3) is 4.89. The molecular formula is C23H18IN3OS. The predicted octanol–water partition coefficient (Wildman–Crippen LogP) is 5.96. The zero-order chi connectivity index (χ0) is 20.2. The largest absolute Gasteiger partial charge is 0.322 e. The Kier molecular flexibility index (Phi) is 6.01. The molecule has 0 spiro atoms. The highest BCUT2D eigenvalue weighted by atomic mass is 127. The highest BCUT2D eigenvalue weighted by Crippen LogP contribution is 2.25. The molecule has 0 aliphatic heterocycles. The number of thiazole rings is 1. The number of hydrogen-bond acceptors (Lipinski definition) is 4. The summed E-state index contributed by atoms with van der Waals surface area (Å²) >= 11 is 3.87. The molecule has 4 nitrogen and oxygen atoms in total. The molecule has 0 radical (unpaired) electrons. The molecule has 6 heteroatoms. The summed E-state index contributed by atoms with van der Waals surface area (Å²) in [5.74, 6) is -0.107. The van der Waals surface area contributed by atoms with E-state index in [1.54, 1.807) is 17.5 Å². The number of carbonyl (C=O) groups is 1. The highest BCUT2D eigenvalue weighted by Gasteiger charge is 2.10. The van der Waals surface area contributed by atoms with E-state index < -0.39 is 0 Å². The van der Waals surface area contributed by atoms with Gasteiger partial charge < -0.3 is 5.32 Å². The van der Waals surface area contributed by atoms with Gasteiger partial charge in [0.1, 0.15) is 0 Å². The van der Waals surface area contributed by atoms with Gasteiger partial charge in [-0.25, -0.2) is 4.98 Å². The summed E-state index contributed by atoms with van der Waals surface area (Å²) in [6.07, 6.45) is 4.31. The topological polar surface area (TPSA) is 54.9 Å². The summed E-state index contributed by atoms with van der Waals surface area (Å²) in [6.45, 7) is 2.08. The van der Waals surface area contributed by atoms with Crippen molar-refractivity contribution in [2.24, 2.45) is 0 Å². The standard InChI is InChI=1S/C23H18IN3OS/c1-15-4-9-20(26-23(28)16-5-7-19(24)8-6-16)11-18(15)12-22-27-21(14-29-22)17-3-2-10-25-13-17/h2-11,13-14H,12H2,1H3,(H,26,28). The lowest BCUT2D eigenvalue weighted by atomic mass is 10.0. The lowest BCUT2D eigenvalue weighted by Crippen LogP contribution is -2.12. The van der Waals surface area contributed by atoms with Crippen molar-refractivity contribution in [3.63, 3.8) is 0 Å². The van der Waals surface area contributed by atoms with Crippen LogP contribution in [0.4, 0.5) is 5.69 Å². The number of nitrogens with zero attached hydrogens (tertiary/aromatic N) is 2. The van der Waals surface area contributed by atoms with Gasteiger partial charge in [-0.1, -0.05) is 6.07 Å². The van der Waals surface area contributed by atoms with Crippen LogP contribution in [0.15, 0.2) is 72.4 Å². The van der Waals surface area contributed by atoms with Gasteiger partial charge in [-0.2, -0.15) is 0 Å². The molecule has 29 heavy (non-hydrogen) atoms. The first-order chi connectivity index (χ1) is 14.1. The quantitative estimate of drug-likeness (QED) is 0.337. The Hall–Kier alpha value is -2.58. The van der Waals surface area contributed by atoms with Crippen molar-refractivity contribution < 1.29 is 4.79 Å². The number of benzene rings is 2. The van der Waals surface area contributed by atoms with Crippen LogP contribution in [0.25, 0.3) is 11.3 Å². The summed E-state index contributed by atoms with van der Waals surface area (Å²) < 4.78 is 1.10. The van der Waals surface area contributed by atoms with Crippen LogP contribution >= 0.6 is 33.9 Å². The number of amides is 1. The molecule has 0 atom stereocenters. The minimum atomic E-state index is -0.107. The van der Waals surface area contributed by atoms with Gasteiger partial charge in [-0.05, 0) is 89.2 Å². The van der Waals surface area contributed by atoms with Crippen LogP contribution in [-0.4, -0.2) is 15.9 Å². The number of nitrogens with one attached hydrogen (secondary N) is 1. The van der Waals surface area contributed by atoms with E-state index in [-0.39, 0.29) is 5.91 Å². The Bertz CT molecular complexity index is 1140. The van der Waals surface area contributed by atoms with E-state index in [2.05, 4.69) is 45.2 Å². The average molecular weight is 511 g/mol. The molecule has 0 fully saturated rings.